The second kappa shape index (κ2) is 13.3. The molecule has 3 heterocycles. The minimum absolute atomic E-state index is 0.00645. The molecule has 222 valence electrons. The van der Waals surface area contributed by atoms with E-state index in [0.29, 0.717) is 31.2 Å². The first kappa shape index (κ1) is 28.7. The molecule has 2 aliphatic rings. The number of likely N-dealkylation sites (tertiary alicyclic amines) is 1. The smallest absolute Gasteiger partial charge is 0.255 e. The summed E-state index contributed by atoms with van der Waals surface area (Å²) in [7, 11) is 3.51. The number of nitrogens with zero attached hydrogens (tertiary/aromatic N) is 5. The zero-order valence-electron chi connectivity index (χ0n) is 25.3. The van der Waals surface area contributed by atoms with Crippen LogP contribution in [0.25, 0.3) is 21.9 Å². The highest BCUT2D eigenvalue weighted by molar-refractivity contribution is 6.05. The first-order valence-electron chi connectivity index (χ1n) is 15.8. The number of imidazole rings is 1. The molecule has 1 saturated carbocycles. The normalized spacial score (nSPS) is 17.2. The number of amides is 1. The van der Waals surface area contributed by atoms with E-state index in [0.717, 1.165) is 29.1 Å². The summed E-state index contributed by atoms with van der Waals surface area (Å²) in [6.07, 6.45) is 17.7. The summed E-state index contributed by atoms with van der Waals surface area (Å²) in [5, 5.41) is 2.32. The van der Waals surface area contributed by atoms with Gasteiger partial charge in [0.15, 0.2) is 0 Å². The third kappa shape index (κ3) is 6.32. The van der Waals surface area contributed by atoms with Crippen molar-refractivity contribution < 1.29 is 9.53 Å². The van der Waals surface area contributed by atoms with E-state index < -0.39 is 0 Å². The van der Waals surface area contributed by atoms with E-state index in [2.05, 4.69) is 67.7 Å². The molecule has 7 heteroatoms. The Hall–Kier alpha value is -3.42. The number of hydrogen-bond acceptors (Lipinski definition) is 4. The number of carbonyl (C=O) groups is 1. The minimum Gasteiger partial charge on any atom is -0.383 e. The maximum Gasteiger partial charge on any atom is 0.255 e. The maximum atomic E-state index is 13.7. The fourth-order valence-corrected chi connectivity index (χ4v) is 7.04. The van der Waals surface area contributed by atoms with Crippen LogP contribution in [0.4, 0.5) is 0 Å². The number of aromatic nitrogens is 3. The van der Waals surface area contributed by atoms with Crippen LogP contribution in [-0.4, -0.2) is 76.3 Å². The molecule has 7 nitrogen and oxygen atoms in total. The molecule has 42 heavy (non-hydrogen) atoms. The van der Waals surface area contributed by atoms with Crippen LogP contribution in [0.3, 0.4) is 0 Å². The van der Waals surface area contributed by atoms with Crippen molar-refractivity contribution in [2.45, 2.75) is 64.1 Å². The van der Waals surface area contributed by atoms with Crippen LogP contribution in [0, 0.1) is 5.92 Å². The molecule has 0 N–H and O–H groups in total. The number of ether oxygens (including phenoxy) is 1. The zero-order valence-corrected chi connectivity index (χ0v) is 25.3. The molecule has 1 saturated heterocycles. The lowest BCUT2D eigenvalue weighted by molar-refractivity contribution is 0.0745. The summed E-state index contributed by atoms with van der Waals surface area (Å²) >= 11 is 0. The summed E-state index contributed by atoms with van der Waals surface area (Å²) in [4.78, 5) is 22.8. The van der Waals surface area contributed by atoms with Crippen molar-refractivity contribution in [3.63, 3.8) is 0 Å². The summed E-state index contributed by atoms with van der Waals surface area (Å²) < 4.78 is 9.75. The van der Waals surface area contributed by atoms with Gasteiger partial charge < -0.3 is 23.7 Å². The molecule has 0 radical (unpaired) electrons. The summed E-state index contributed by atoms with van der Waals surface area (Å²) in [6.45, 7) is 5.19. The topological polar surface area (TPSA) is 55.5 Å². The summed E-state index contributed by atoms with van der Waals surface area (Å²) in [5.41, 5.74) is 3.93. The Morgan fingerprint density at radius 2 is 1.76 bits per heavy atom. The Bertz CT molecular complexity index is 1470. The van der Waals surface area contributed by atoms with Crippen LogP contribution in [0.15, 0.2) is 67.4 Å². The first-order valence-corrected chi connectivity index (χ1v) is 15.8. The zero-order chi connectivity index (χ0) is 28.9. The van der Waals surface area contributed by atoms with Crippen molar-refractivity contribution in [3.05, 3.63) is 78.6 Å². The average Bonchev–Trinajstić information content (AvgIpc) is 3.66. The third-order valence-corrected chi connectivity index (χ3v) is 9.51. The van der Waals surface area contributed by atoms with E-state index in [1.165, 1.54) is 69.1 Å². The molecule has 6 rings (SSSR count). The van der Waals surface area contributed by atoms with Crippen molar-refractivity contribution in [2.24, 2.45) is 5.92 Å². The Labute approximate surface area is 250 Å². The molecular weight excluding hydrogens is 522 g/mol. The molecule has 2 fully saturated rings. The van der Waals surface area contributed by atoms with Gasteiger partial charge in [-0.2, -0.15) is 0 Å². The number of rotatable bonds is 10. The number of fused-ring (bicyclic) bond motifs is 1. The molecule has 0 bridgehead atoms. The van der Waals surface area contributed by atoms with E-state index >= 15 is 0 Å². The van der Waals surface area contributed by atoms with Gasteiger partial charge in [0, 0.05) is 57.4 Å². The van der Waals surface area contributed by atoms with Crippen LogP contribution in [0.1, 0.15) is 61.0 Å². The second-order valence-electron chi connectivity index (χ2n) is 12.3. The highest BCUT2D eigenvalue weighted by Gasteiger charge is 2.27. The number of hydrogen-bond donors (Lipinski definition) is 0. The Morgan fingerprint density at radius 3 is 2.57 bits per heavy atom. The van der Waals surface area contributed by atoms with E-state index in [-0.39, 0.29) is 5.91 Å². The maximum absolute atomic E-state index is 13.7. The van der Waals surface area contributed by atoms with Gasteiger partial charge in [0.05, 0.1) is 30.7 Å². The summed E-state index contributed by atoms with van der Waals surface area (Å²) in [5.74, 6) is 0.687. The largest absolute Gasteiger partial charge is 0.383 e. The molecule has 0 atom stereocenters. The van der Waals surface area contributed by atoms with Crippen LogP contribution in [0.5, 0.6) is 0 Å². The van der Waals surface area contributed by atoms with Crippen LogP contribution in [-0.2, 0) is 17.8 Å². The molecule has 1 aliphatic heterocycles. The lowest BCUT2D eigenvalue weighted by atomic mass is 9.90. The lowest BCUT2D eigenvalue weighted by Crippen LogP contribution is -2.43. The highest BCUT2D eigenvalue weighted by Crippen LogP contribution is 2.33. The molecule has 0 unspecified atom stereocenters. The number of methoxy groups -OCH3 is 1. The monoisotopic (exact) mass is 567 g/mol. The predicted octanol–water partition coefficient (Wildman–Crippen LogP) is 6.32. The van der Waals surface area contributed by atoms with Crippen LogP contribution in [0.2, 0.25) is 0 Å². The Kier molecular flexibility index (Phi) is 9.06. The standard InChI is InChI=1S/C35H45N5O2/c1-37(19-20-42-2)35(41)34-25-38(24-33(34)32-14-8-10-28-9-6-7-13-31(28)32)23-30-21-36-26-40(30)22-27-15-17-39(18-16-27)29-11-4-3-5-12-29/h6-10,13-14,21,24-27,29H,3-5,11-12,15-20,22-23H2,1-2H3. The molecule has 4 aromatic rings. The number of benzene rings is 2. The van der Waals surface area contributed by atoms with Gasteiger partial charge in [0.25, 0.3) is 5.91 Å². The number of likely N-dealkylation sites (N-methyl/N-ethyl adjacent to an activating group) is 1. The molecule has 2 aromatic heterocycles. The van der Waals surface area contributed by atoms with Crippen molar-refractivity contribution in [1.29, 1.82) is 0 Å². The second-order valence-corrected chi connectivity index (χ2v) is 12.3. The summed E-state index contributed by atoms with van der Waals surface area (Å²) in [6, 6.07) is 15.5. The Morgan fingerprint density at radius 1 is 0.976 bits per heavy atom. The first-order chi connectivity index (χ1) is 20.6. The van der Waals surface area contributed by atoms with Crippen molar-refractivity contribution in [2.75, 3.05) is 40.4 Å². The average molecular weight is 568 g/mol. The van der Waals surface area contributed by atoms with Crippen molar-refractivity contribution in [3.8, 4) is 11.1 Å². The molecule has 0 spiro atoms. The fraction of sp³-hybridized carbons (Fsp3) is 0.486. The van der Waals surface area contributed by atoms with E-state index in [1.807, 2.05) is 25.8 Å². The highest BCUT2D eigenvalue weighted by atomic mass is 16.5. The van der Waals surface area contributed by atoms with E-state index in [4.69, 9.17) is 4.74 Å². The Balaban J connectivity index is 1.21. The number of piperidine rings is 1. The third-order valence-electron chi connectivity index (χ3n) is 9.51. The van der Waals surface area contributed by atoms with Crippen molar-refractivity contribution in [1.82, 2.24) is 23.9 Å². The number of carbonyl (C=O) groups excluding carboxylic acids is 1. The van der Waals surface area contributed by atoms with Gasteiger partial charge >= 0.3 is 0 Å². The molecular formula is C35H45N5O2. The van der Waals surface area contributed by atoms with Gasteiger partial charge in [-0.1, -0.05) is 61.7 Å². The van der Waals surface area contributed by atoms with Gasteiger partial charge in [-0.25, -0.2) is 4.98 Å². The SMILES string of the molecule is COCCN(C)C(=O)c1cn(Cc2cncn2CC2CCN(C3CCCCC3)CC2)cc1-c1cccc2ccccc12. The van der Waals surface area contributed by atoms with E-state index in [9.17, 15) is 4.79 Å². The molecule has 2 aromatic carbocycles. The van der Waals surface area contributed by atoms with Gasteiger partial charge in [-0.15, -0.1) is 0 Å². The molecule has 1 aliphatic carbocycles. The quantitative estimate of drug-likeness (QED) is 0.225. The fourth-order valence-electron chi connectivity index (χ4n) is 7.04. The van der Waals surface area contributed by atoms with E-state index in [1.54, 1.807) is 12.0 Å². The lowest BCUT2D eigenvalue weighted by Gasteiger charge is -2.39. The van der Waals surface area contributed by atoms with Gasteiger partial charge in [0.2, 0.25) is 0 Å². The minimum atomic E-state index is 0.00645. The van der Waals surface area contributed by atoms with Crippen molar-refractivity contribution >= 4 is 16.7 Å². The molecule has 1 amide bonds. The predicted molar refractivity (Wildman–Crippen MR) is 169 cm³/mol. The van der Waals surface area contributed by atoms with Gasteiger partial charge in [0.1, 0.15) is 0 Å². The van der Waals surface area contributed by atoms with Crippen LogP contribution >= 0.6 is 0 Å². The van der Waals surface area contributed by atoms with Gasteiger partial charge in [-0.3, -0.25) is 4.79 Å². The van der Waals surface area contributed by atoms with Crippen LogP contribution < -0.4 is 0 Å². The van der Waals surface area contributed by atoms with Gasteiger partial charge in [-0.05, 0) is 61.0 Å².